The molecule has 53 nitrogen and oxygen atoms in total. The molecule has 14 atom stereocenters. The van der Waals surface area contributed by atoms with Gasteiger partial charge in [-0.2, -0.15) is 0 Å². The minimum absolute atomic E-state index is 0.0203. The second kappa shape index (κ2) is 62.2. The van der Waals surface area contributed by atoms with Gasteiger partial charge in [0, 0.05) is 76.7 Å². The number of urea groups is 2. The molecule has 2 fully saturated rings. The minimum Gasteiger partial charge on any atom is -0.508 e. The van der Waals surface area contributed by atoms with E-state index in [0.717, 1.165) is 26.5 Å². The molecule has 0 radical (unpaired) electrons. The van der Waals surface area contributed by atoms with E-state index in [9.17, 15) is 34.5 Å². The van der Waals surface area contributed by atoms with Crippen LogP contribution in [0.25, 0.3) is 10.8 Å². The van der Waals surface area contributed by atoms with Gasteiger partial charge in [-0.15, -0.1) is 0 Å². The summed E-state index contributed by atoms with van der Waals surface area (Å²) in [5.74, 6) is -18.4. The first kappa shape index (κ1) is 118. The summed E-state index contributed by atoms with van der Waals surface area (Å²) in [4.78, 5) is 258. The number of carboxylic acids is 1. The first-order chi connectivity index (χ1) is 68.6. The minimum atomic E-state index is -1.94. The number of rotatable bonds is 46. The average Bonchev–Trinajstić information content (AvgIpc) is 1.61. The summed E-state index contributed by atoms with van der Waals surface area (Å²) in [5, 5.41) is 69.7. The number of carbonyl (C=O) groups is 16. The average molecular weight is 2050 g/mol. The molecule has 6 rings (SSSR count). The van der Waals surface area contributed by atoms with Crippen molar-refractivity contribution in [2.45, 2.75) is 219 Å². The summed E-state index contributed by atoms with van der Waals surface area (Å²) in [5.41, 5.74) is 80.4. The third-order valence-corrected chi connectivity index (χ3v) is 25.1. The van der Waals surface area contributed by atoms with Crippen LogP contribution in [0.15, 0.2) is 116 Å². The van der Waals surface area contributed by atoms with Gasteiger partial charge in [-0.05, 0) is 186 Å². The van der Waals surface area contributed by atoms with Gasteiger partial charge in [-0.25, -0.2) is 14.4 Å². The predicted molar refractivity (Wildman–Crippen MR) is 541 cm³/mol. The number of phenolic OH excluding ortho intramolecular Hbond substituents is 2. The number of fused-ring (bicyclic) bond motifs is 2. The largest absolute Gasteiger partial charge is 0.508 e. The Labute approximate surface area is 838 Å². The van der Waals surface area contributed by atoms with Crippen LogP contribution in [0.1, 0.15) is 145 Å². The maximum Gasteiger partial charge on any atom is 0.326 e. The van der Waals surface area contributed by atoms with Crippen LogP contribution in [0.4, 0.5) is 9.59 Å². The first-order valence-corrected chi connectivity index (χ1v) is 49.3. The Bertz CT molecular complexity index is 5140. The zero-order chi connectivity index (χ0) is 106. The molecular weight excluding hydrogens is 1910 g/mol. The number of nitrogens with one attached hydrogen (secondary N) is 14. The highest BCUT2D eigenvalue weighted by Gasteiger charge is 2.43. The fourth-order valence-corrected chi connectivity index (χ4v) is 17.5. The quantitative estimate of drug-likeness (QED) is 0.00846. The normalized spacial score (nSPS) is 20.1. The van der Waals surface area contributed by atoms with Crippen LogP contribution >= 0.6 is 21.6 Å². The van der Waals surface area contributed by atoms with Crippen molar-refractivity contribution in [1.82, 2.24) is 79.3 Å². The van der Waals surface area contributed by atoms with Crippen molar-refractivity contribution < 1.29 is 92.0 Å². The van der Waals surface area contributed by atoms with Crippen molar-refractivity contribution in [2.75, 3.05) is 70.4 Å². The fourth-order valence-electron chi connectivity index (χ4n) is 15.2. The number of aliphatic carboxylic acids is 1. The Hall–Kier alpha value is -15.2. The Balaban J connectivity index is 1.63. The number of aliphatic imine (C=N–C) groups is 5. The Morgan fingerprint density at radius 1 is 0.424 bits per heavy atom. The zero-order valence-corrected chi connectivity index (χ0v) is 81.5. The van der Waals surface area contributed by atoms with Crippen molar-refractivity contribution in [3.05, 3.63) is 108 Å². The number of unbranched alkanes of at least 4 members (excludes halogenated alkanes) is 1. The topological polar surface area (TPSA) is 932 Å². The van der Waals surface area contributed by atoms with E-state index in [1.54, 1.807) is 36.4 Å². The molecule has 2 heterocycles. The Kier molecular flexibility index (Phi) is 50.8. The van der Waals surface area contributed by atoms with E-state index < -0.39 is 204 Å². The van der Waals surface area contributed by atoms with E-state index in [1.165, 1.54) is 54.6 Å². The third kappa shape index (κ3) is 43.1. The van der Waals surface area contributed by atoms with Gasteiger partial charge in [-0.1, -0.05) is 82.3 Å². The summed E-state index contributed by atoms with van der Waals surface area (Å²) < 4.78 is 0. The number of nitrogens with zero attached hydrogens (tertiary/aromatic N) is 6. The van der Waals surface area contributed by atoms with Gasteiger partial charge in [0.2, 0.25) is 76.8 Å². The summed E-state index contributed by atoms with van der Waals surface area (Å²) in [6, 6.07) is -2.93. The smallest absolute Gasteiger partial charge is 0.326 e. The van der Waals surface area contributed by atoms with Crippen LogP contribution < -0.4 is 155 Å². The molecular formula is C89H138N34O19S2. The molecule has 55 heteroatoms. The molecule has 4 aromatic carbocycles. The number of benzene rings is 4. The van der Waals surface area contributed by atoms with Gasteiger partial charge >= 0.3 is 18.0 Å². The number of carbonyl (C=O) groups excluding carboxylic acids is 15. The van der Waals surface area contributed by atoms with Gasteiger partial charge in [0.1, 0.15) is 90.0 Å². The van der Waals surface area contributed by atoms with E-state index in [-0.39, 0.29) is 233 Å². The summed E-state index contributed by atoms with van der Waals surface area (Å²) in [6.45, 7) is -0.819. The monoisotopic (exact) mass is 2050 g/mol. The maximum atomic E-state index is 16.1. The number of guanidine groups is 5. The van der Waals surface area contributed by atoms with E-state index >= 15 is 57.5 Å². The molecule has 2 aliphatic rings. The van der Waals surface area contributed by atoms with Crippen LogP contribution in [0.2, 0.25) is 0 Å². The maximum absolute atomic E-state index is 16.1. The second-order valence-electron chi connectivity index (χ2n) is 34.1. The molecule has 17 amide bonds. The standard InChI is InChI=1S/C89H138N34O19S2/c90-34-4-3-16-56-72(129)116-61(21-10-41-110-89(103)142)81(138)123-42-12-23-67(123)79(136)119-64(44-49-26-32-54(125)33-27-49)76(133)115-58(18-7-37-106-85(96)97)71(128)113-59(20-9-40-109-88(102)141)73(130)120-65(77(134)117-62(82(139)140)22-11-39-108-87(100)101)46-143-144-47-66(78(135)118-63(43-48-24-30-53(124)31-25-48)75(132)114-57(70(127)112-56)17-6-36-105-84(94)95)121-80(137)68(52-29-28-50-13-1-2-14-51(50)45-52)122-74(131)60(19-8-38-107-86(98)99)111-69(126)55(91)15-5-35-104-83(92)93/h1-2,13-14,24-33,45,55-68,124-125H,3-12,15-23,34-44,46-47,90-91H2,(H,111,126)(H,112,127)(H,113,128)(H,114,132)(H,115,133)(H,116,129)(H,117,134)(H,118,135)(H,119,136)(H,120,130)(H,121,137)(H,122,131)(H,139,140)(H4,92,93,104)(H4,94,95,105)(H4,96,97,106)(H4,98,99,107)(H4,100,101,108)(H3,102,109,141)(H3,103,110,142)/t55-,56+,57-,58-,59?,60-,61-,62-,63+,64-,65+,66+,67+,68-/m0/s1. The van der Waals surface area contributed by atoms with Gasteiger partial charge in [0.25, 0.3) is 0 Å². The first-order valence-electron chi connectivity index (χ1n) is 46.9. The van der Waals surface area contributed by atoms with Crippen molar-refractivity contribution in [2.24, 2.45) is 105 Å². The second-order valence-corrected chi connectivity index (χ2v) is 36.6. The molecule has 45 N–H and O–H groups in total. The lowest BCUT2D eigenvalue weighted by molar-refractivity contribution is -0.142. The lowest BCUT2D eigenvalue weighted by Gasteiger charge is -2.31. The summed E-state index contributed by atoms with van der Waals surface area (Å²) in [6.07, 6.45) is -2.42. The number of carboxylic acid groups (broad SMARTS) is 1. The molecule has 0 aromatic heterocycles. The van der Waals surface area contributed by atoms with Crippen LogP contribution in [-0.2, 0) is 80.0 Å². The van der Waals surface area contributed by atoms with Crippen molar-refractivity contribution in [3.8, 4) is 11.5 Å². The highest BCUT2D eigenvalue weighted by Crippen LogP contribution is 2.28. The molecule has 0 aliphatic carbocycles. The molecule has 4 aromatic rings. The number of phenols is 2. The molecule has 0 bridgehead atoms. The van der Waals surface area contributed by atoms with Crippen molar-refractivity contribution in [3.63, 3.8) is 0 Å². The molecule has 144 heavy (non-hydrogen) atoms. The Morgan fingerprint density at radius 3 is 1.32 bits per heavy atom. The number of primary amides is 2. The predicted octanol–water partition coefficient (Wildman–Crippen LogP) is -7.68. The Morgan fingerprint density at radius 2 is 0.840 bits per heavy atom. The lowest BCUT2D eigenvalue weighted by Crippen LogP contribution is -2.61. The number of hydrogen-bond acceptors (Lipinski definition) is 27. The molecule has 0 spiro atoms. The van der Waals surface area contributed by atoms with Crippen LogP contribution in [0, 0.1) is 0 Å². The van der Waals surface area contributed by atoms with Crippen LogP contribution in [0.3, 0.4) is 0 Å². The molecule has 2 saturated heterocycles. The zero-order valence-electron chi connectivity index (χ0n) is 79.8. The van der Waals surface area contributed by atoms with Crippen molar-refractivity contribution >= 4 is 157 Å². The van der Waals surface area contributed by atoms with Gasteiger partial charge in [0.15, 0.2) is 29.8 Å². The van der Waals surface area contributed by atoms with Crippen LogP contribution in [0.5, 0.6) is 11.5 Å². The van der Waals surface area contributed by atoms with E-state index in [0.29, 0.717) is 16.3 Å². The van der Waals surface area contributed by atoms with E-state index in [2.05, 4.69) is 99.4 Å². The van der Waals surface area contributed by atoms with Gasteiger partial charge < -0.3 is 175 Å². The number of hydrogen-bond donors (Lipinski definition) is 31. The van der Waals surface area contributed by atoms with Crippen LogP contribution in [-0.4, -0.2) is 294 Å². The number of amides is 17. The molecule has 2 aliphatic heterocycles. The SMILES string of the molecule is NCCCC[C@H]1NC(=O)[C@H](CCCN=C(N)N)NC(=O)[C@@H](Cc2ccc(O)cc2)NC(=O)[C@H](NC(=O)[C@@H](NC(=O)[C@H](CCCN=C(N)N)NC(=O)[C@@H](N)CCCN=C(N)N)c2ccc3ccccc3c2)CSSC[C@H](C(=O)N[C@@H](CCCN=C(N)N)C(=O)O)NC(=O)C(CCCNC(N)=O)NC(=O)[C@H](CCCN=C(N)N)NC(=O)[C@H](Cc2ccc(O)cc2)NC(=O)[C@H]2CCCN2C(=O)[C@H](CCCNC(N)=O)NC1=O. The van der Waals surface area contributed by atoms with E-state index in [1.807, 2.05) is 0 Å². The highest BCUT2D eigenvalue weighted by molar-refractivity contribution is 8.76. The fraction of sp³-hybridized carbons (Fsp3) is 0.517. The highest BCUT2D eigenvalue weighted by atomic mass is 33.1. The van der Waals surface area contributed by atoms with Gasteiger partial charge in [-0.3, -0.25) is 87.3 Å². The third-order valence-electron chi connectivity index (χ3n) is 22.7. The molecule has 790 valence electrons. The number of nitrogens with two attached hydrogens (primary N) is 14. The lowest BCUT2D eigenvalue weighted by atomic mass is 10.00. The van der Waals surface area contributed by atoms with Gasteiger partial charge in [0.05, 0.1) is 6.04 Å². The van der Waals surface area contributed by atoms with E-state index in [4.69, 9.17) is 80.3 Å². The molecule has 1 unspecified atom stereocenters. The number of aromatic hydroxyl groups is 2. The summed E-state index contributed by atoms with van der Waals surface area (Å²) >= 11 is 0. The summed E-state index contributed by atoms with van der Waals surface area (Å²) in [7, 11) is 1.44. The van der Waals surface area contributed by atoms with Crippen molar-refractivity contribution in [1.29, 1.82) is 0 Å². The molecule has 0 saturated carbocycles.